The van der Waals surface area contributed by atoms with Crippen LogP contribution < -0.4 is 0 Å². The predicted molar refractivity (Wildman–Crippen MR) is 118 cm³/mol. The number of aliphatic hydroxyl groups excluding tert-OH is 4. The Balaban J connectivity index is 1.47. The third-order valence-corrected chi connectivity index (χ3v) is 7.62. The van der Waals surface area contributed by atoms with Crippen molar-refractivity contribution in [3.05, 3.63) is 69.7 Å². The maximum Gasteiger partial charge on any atom is 0.122 e. The maximum absolute atomic E-state index is 13.3. The lowest BCUT2D eigenvalue weighted by molar-refractivity contribution is -0.231. The molecule has 0 radical (unpaired) electrons. The molecule has 1 aliphatic carbocycles. The molecule has 31 heavy (non-hydrogen) atoms. The highest BCUT2D eigenvalue weighted by molar-refractivity contribution is 8.04. The van der Waals surface area contributed by atoms with Crippen molar-refractivity contribution < 1.29 is 29.6 Å². The molecule has 0 amide bonds. The summed E-state index contributed by atoms with van der Waals surface area (Å²) in [4.78, 5) is 1.25. The zero-order valence-electron chi connectivity index (χ0n) is 17.4. The van der Waals surface area contributed by atoms with Crippen LogP contribution >= 0.6 is 11.8 Å². The van der Waals surface area contributed by atoms with Crippen LogP contribution in [0.15, 0.2) is 53.0 Å². The Labute approximate surface area is 185 Å². The molecule has 7 heteroatoms. The molecule has 4 rings (SSSR count). The number of ether oxygens (including phenoxy) is 1. The van der Waals surface area contributed by atoms with Gasteiger partial charge in [-0.25, -0.2) is 4.39 Å². The number of benzene rings is 1. The monoisotopic (exact) mass is 448 g/mol. The number of aryl methyl sites for hydroxylation is 1. The fourth-order valence-corrected chi connectivity index (χ4v) is 5.61. The molecule has 5 nitrogen and oxygen atoms in total. The number of rotatable bonds is 5. The van der Waals surface area contributed by atoms with Gasteiger partial charge >= 0.3 is 0 Å². The van der Waals surface area contributed by atoms with Gasteiger partial charge < -0.3 is 25.2 Å². The van der Waals surface area contributed by atoms with Crippen molar-refractivity contribution in [1.29, 1.82) is 0 Å². The van der Waals surface area contributed by atoms with E-state index in [0.29, 0.717) is 17.2 Å². The average Bonchev–Trinajstić information content (AvgIpc) is 3.23. The first kappa shape index (κ1) is 22.7. The van der Waals surface area contributed by atoms with Crippen molar-refractivity contribution in [3.8, 4) is 0 Å². The van der Waals surface area contributed by atoms with Crippen molar-refractivity contribution in [2.45, 2.75) is 68.1 Å². The molecule has 2 heterocycles. The molecule has 1 aromatic rings. The normalized spacial score (nSPS) is 35.7. The molecular weight excluding hydrogens is 419 g/mol. The van der Waals surface area contributed by atoms with Crippen LogP contribution in [0.4, 0.5) is 4.39 Å². The SMILES string of the molecule is Cc1ccc(C2OC(CO)[C@@H](O)C(O)[C@H]2O)cc1CC1=CC[C@@H](C2=CC[C@H](F)C=C2)S1. The van der Waals surface area contributed by atoms with Crippen molar-refractivity contribution in [2.24, 2.45) is 0 Å². The molecule has 1 fully saturated rings. The van der Waals surface area contributed by atoms with Crippen LogP contribution in [0.1, 0.15) is 35.6 Å². The molecule has 1 saturated heterocycles. The first-order chi connectivity index (χ1) is 14.9. The summed E-state index contributed by atoms with van der Waals surface area (Å²) in [5.74, 6) is 0. The van der Waals surface area contributed by atoms with Crippen LogP contribution in [0.5, 0.6) is 0 Å². The van der Waals surface area contributed by atoms with Gasteiger partial charge in [0.1, 0.15) is 36.7 Å². The Hall–Kier alpha value is -1.48. The minimum Gasteiger partial charge on any atom is -0.394 e. The van der Waals surface area contributed by atoms with Crippen LogP contribution in [0.25, 0.3) is 0 Å². The first-order valence-electron chi connectivity index (χ1n) is 10.7. The van der Waals surface area contributed by atoms with Gasteiger partial charge in [0.2, 0.25) is 0 Å². The summed E-state index contributed by atoms with van der Waals surface area (Å²) in [6, 6.07) is 5.76. The van der Waals surface area contributed by atoms with E-state index in [4.69, 9.17) is 4.74 Å². The number of hydrogen-bond acceptors (Lipinski definition) is 6. The smallest absolute Gasteiger partial charge is 0.122 e. The zero-order chi connectivity index (χ0) is 22.1. The third-order valence-electron chi connectivity index (χ3n) is 6.26. The number of thioether (sulfide) groups is 1. The number of hydrogen-bond donors (Lipinski definition) is 4. The van der Waals surface area contributed by atoms with Crippen LogP contribution in [-0.2, 0) is 11.2 Å². The zero-order valence-corrected chi connectivity index (χ0v) is 18.2. The summed E-state index contributed by atoms with van der Waals surface area (Å²) < 4.78 is 19.1. The van der Waals surface area contributed by atoms with E-state index in [9.17, 15) is 24.8 Å². The molecule has 0 bridgehead atoms. The van der Waals surface area contributed by atoms with Crippen molar-refractivity contribution in [1.82, 2.24) is 0 Å². The molecule has 0 saturated carbocycles. The van der Waals surface area contributed by atoms with E-state index in [2.05, 4.69) is 6.08 Å². The predicted octanol–water partition coefficient (Wildman–Crippen LogP) is 2.67. The van der Waals surface area contributed by atoms with E-state index in [-0.39, 0.29) is 0 Å². The number of aliphatic hydroxyl groups is 4. The van der Waals surface area contributed by atoms with E-state index >= 15 is 0 Å². The summed E-state index contributed by atoms with van der Waals surface area (Å²) in [7, 11) is 0. The molecule has 4 N–H and O–H groups in total. The Morgan fingerprint density at radius 1 is 1.10 bits per heavy atom. The molecular formula is C24H29FO5S. The molecule has 0 spiro atoms. The van der Waals surface area contributed by atoms with E-state index in [1.54, 1.807) is 17.8 Å². The fraction of sp³-hybridized carbons (Fsp3) is 0.500. The lowest BCUT2D eigenvalue weighted by Crippen LogP contribution is -2.55. The summed E-state index contributed by atoms with van der Waals surface area (Å²) in [6.45, 7) is 1.58. The number of halogens is 1. The second kappa shape index (κ2) is 9.57. The highest BCUT2D eigenvalue weighted by Crippen LogP contribution is 2.41. The molecule has 7 atom stereocenters. The summed E-state index contributed by atoms with van der Waals surface area (Å²) in [6.07, 6.45) is 3.15. The highest BCUT2D eigenvalue weighted by atomic mass is 32.2. The average molecular weight is 449 g/mol. The third kappa shape index (κ3) is 4.82. The summed E-state index contributed by atoms with van der Waals surface area (Å²) in [5.41, 5.74) is 4.07. The summed E-state index contributed by atoms with van der Waals surface area (Å²) >= 11 is 1.80. The molecule has 3 unspecified atom stereocenters. The number of alkyl halides is 1. The minimum atomic E-state index is -1.39. The van der Waals surface area contributed by atoms with Crippen molar-refractivity contribution in [2.75, 3.05) is 6.61 Å². The topological polar surface area (TPSA) is 90.2 Å². The van der Waals surface area contributed by atoms with Crippen LogP contribution in [0, 0.1) is 6.92 Å². The van der Waals surface area contributed by atoms with Gasteiger partial charge in [0.05, 0.1) is 6.61 Å². The van der Waals surface area contributed by atoms with Crippen molar-refractivity contribution >= 4 is 11.8 Å². The van der Waals surface area contributed by atoms with Gasteiger partial charge in [-0.05, 0) is 40.5 Å². The van der Waals surface area contributed by atoms with E-state index in [1.165, 1.54) is 10.5 Å². The number of allylic oxidation sites excluding steroid dienone is 5. The van der Waals surface area contributed by atoms with E-state index < -0.39 is 43.3 Å². The van der Waals surface area contributed by atoms with Gasteiger partial charge in [0.15, 0.2) is 0 Å². The van der Waals surface area contributed by atoms with Gasteiger partial charge in [-0.15, -0.1) is 11.8 Å². The summed E-state index contributed by atoms with van der Waals surface area (Å²) in [5, 5.41) is 40.3. The van der Waals surface area contributed by atoms with Gasteiger partial charge in [0, 0.05) is 18.1 Å². The Morgan fingerprint density at radius 3 is 2.61 bits per heavy atom. The maximum atomic E-state index is 13.3. The Kier molecular flexibility index (Phi) is 7.01. The quantitative estimate of drug-likeness (QED) is 0.554. The molecule has 168 valence electrons. The van der Waals surface area contributed by atoms with E-state index in [1.807, 2.05) is 37.3 Å². The van der Waals surface area contributed by atoms with Gasteiger partial charge in [0.25, 0.3) is 0 Å². The Bertz CT molecular complexity index is 896. The molecule has 1 aromatic carbocycles. The van der Waals surface area contributed by atoms with E-state index in [0.717, 1.165) is 24.0 Å². The standard InChI is InChI=1S/C24H29FO5S/c1-13-2-3-15(24-23(29)22(28)21(27)19(12-26)30-24)10-16(13)11-18-8-9-20(31-18)14-4-6-17(25)7-5-14/h2-6,8,10,17,19-24,26-29H,7,9,11-12H2,1H3/t17-,19?,20+,21-,22?,23-,24?/m1/s1. The molecule has 0 aromatic heterocycles. The fourth-order valence-electron chi connectivity index (χ4n) is 4.31. The van der Waals surface area contributed by atoms with Gasteiger partial charge in [-0.1, -0.05) is 42.5 Å². The molecule has 3 aliphatic rings. The van der Waals surface area contributed by atoms with Crippen LogP contribution in [0.3, 0.4) is 0 Å². The van der Waals surface area contributed by atoms with Gasteiger partial charge in [-0.3, -0.25) is 0 Å². The van der Waals surface area contributed by atoms with Gasteiger partial charge in [-0.2, -0.15) is 0 Å². The minimum absolute atomic E-state index is 0.313. The van der Waals surface area contributed by atoms with Crippen LogP contribution in [0.2, 0.25) is 0 Å². The molecule has 2 aliphatic heterocycles. The highest BCUT2D eigenvalue weighted by Gasteiger charge is 2.44. The second-order valence-corrected chi connectivity index (χ2v) is 9.77. The lowest BCUT2D eigenvalue weighted by atomic mass is 9.89. The Morgan fingerprint density at radius 2 is 1.90 bits per heavy atom. The lowest BCUT2D eigenvalue weighted by Gasteiger charge is -2.40. The first-order valence-corrected chi connectivity index (χ1v) is 11.5. The largest absolute Gasteiger partial charge is 0.394 e. The van der Waals surface area contributed by atoms with Crippen molar-refractivity contribution in [3.63, 3.8) is 0 Å². The second-order valence-electron chi connectivity index (χ2n) is 8.44. The van der Waals surface area contributed by atoms with Crippen LogP contribution in [-0.4, -0.2) is 62.9 Å².